The normalized spacial score (nSPS) is 13.7. The van der Waals surface area contributed by atoms with Crippen LogP contribution in [0.1, 0.15) is 17.0 Å². The molecule has 0 radical (unpaired) electrons. The number of anilines is 3. The average molecular weight is 398 g/mol. The summed E-state index contributed by atoms with van der Waals surface area (Å²) in [7, 11) is 0. The molecule has 146 valence electrons. The number of nitrogens with zero attached hydrogens (tertiary/aromatic N) is 4. The van der Waals surface area contributed by atoms with Crippen molar-refractivity contribution in [2.75, 3.05) is 4.90 Å². The maximum Gasteiger partial charge on any atom is 0.238 e. The predicted octanol–water partition coefficient (Wildman–Crippen LogP) is 6.02. The van der Waals surface area contributed by atoms with Crippen molar-refractivity contribution in [3.8, 4) is 11.4 Å². The van der Waals surface area contributed by atoms with E-state index in [1.165, 1.54) is 11.1 Å². The second-order valence-corrected chi connectivity index (χ2v) is 7.52. The largest absolute Gasteiger partial charge is 0.278 e. The Morgan fingerprint density at radius 1 is 0.677 bits per heavy atom. The monoisotopic (exact) mass is 398 g/mol. The first-order valence-corrected chi connectivity index (χ1v) is 10.3. The molecule has 4 heteroatoms. The molecule has 0 N–H and O–H groups in total. The molecule has 0 unspecified atom stereocenters. The van der Waals surface area contributed by atoms with E-state index < -0.39 is 0 Å². The van der Waals surface area contributed by atoms with E-state index in [-0.39, 0.29) is 0 Å². The minimum absolute atomic E-state index is 0.615. The van der Waals surface area contributed by atoms with Crippen LogP contribution < -0.4 is 4.90 Å². The van der Waals surface area contributed by atoms with Crippen LogP contribution in [-0.2, 0) is 6.42 Å². The van der Waals surface area contributed by atoms with Crippen molar-refractivity contribution in [2.24, 2.45) is 0 Å². The fourth-order valence-corrected chi connectivity index (χ4v) is 4.08. The minimum atomic E-state index is 0.615. The second kappa shape index (κ2) is 7.21. The molecule has 0 atom stereocenters. The number of para-hydroxylation sites is 2. The number of aromatic nitrogens is 3. The molecule has 31 heavy (non-hydrogen) atoms. The summed E-state index contributed by atoms with van der Waals surface area (Å²) in [5, 5.41) is 0. The highest BCUT2D eigenvalue weighted by Gasteiger charge is 2.26. The minimum Gasteiger partial charge on any atom is -0.278 e. The van der Waals surface area contributed by atoms with E-state index in [9.17, 15) is 0 Å². The maximum absolute atomic E-state index is 4.93. The van der Waals surface area contributed by atoms with Crippen molar-refractivity contribution in [1.29, 1.82) is 0 Å². The van der Waals surface area contributed by atoms with Crippen molar-refractivity contribution in [1.82, 2.24) is 15.0 Å². The lowest BCUT2D eigenvalue weighted by atomic mass is 9.96. The SMILES string of the molecule is C1=CC=C(c2nc(-c3ccccc3)nc(N3c4ccccc4Cc4ccccc43)n2)C=1. The van der Waals surface area contributed by atoms with Crippen molar-refractivity contribution >= 4 is 22.9 Å². The molecule has 2 heterocycles. The number of fused-ring (bicyclic) bond motifs is 2. The smallest absolute Gasteiger partial charge is 0.238 e. The van der Waals surface area contributed by atoms with E-state index in [1.54, 1.807) is 0 Å². The topological polar surface area (TPSA) is 41.9 Å². The molecule has 1 aromatic heterocycles. The predicted molar refractivity (Wildman–Crippen MR) is 123 cm³/mol. The standard InChI is InChI=1S/C27H18N4/c1-2-10-19(11-3-1)25-28-26(20-12-4-5-13-20)30-27(29-25)31-23-16-8-6-14-21(23)18-22-15-7-9-17-24(22)31/h1-4,6-17H,18H2. The van der Waals surface area contributed by atoms with E-state index in [4.69, 9.17) is 15.0 Å². The third-order valence-corrected chi connectivity index (χ3v) is 5.56. The van der Waals surface area contributed by atoms with E-state index >= 15 is 0 Å². The maximum atomic E-state index is 4.93. The van der Waals surface area contributed by atoms with Crippen LogP contribution in [-0.4, -0.2) is 15.0 Å². The molecule has 0 saturated carbocycles. The van der Waals surface area contributed by atoms with Crippen LogP contribution >= 0.6 is 0 Å². The average Bonchev–Trinajstić information content (AvgIpc) is 3.38. The summed E-state index contributed by atoms with van der Waals surface area (Å²) in [5.74, 6) is 1.91. The summed E-state index contributed by atoms with van der Waals surface area (Å²) in [6, 6.07) is 26.9. The Labute approximate surface area is 180 Å². The van der Waals surface area contributed by atoms with Crippen LogP contribution in [0.15, 0.2) is 103 Å². The Kier molecular flexibility index (Phi) is 4.09. The van der Waals surface area contributed by atoms with Crippen LogP contribution in [0, 0.1) is 0 Å². The van der Waals surface area contributed by atoms with Gasteiger partial charge in [-0.1, -0.05) is 66.7 Å². The molecule has 6 rings (SSSR count). The Hall–Kier alpha value is -4.27. The number of hydrogen-bond acceptors (Lipinski definition) is 4. The van der Waals surface area contributed by atoms with Crippen LogP contribution in [0.3, 0.4) is 0 Å². The first-order valence-electron chi connectivity index (χ1n) is 10.3. The molecule has 0 bridgehead atoms. The van der Waals surface area contributed by atoms with E-state index in [2.05, 4.69) is 59.2 Å². The molecule has 0 spiro atoms. The van der Waals surface area contributed by atoms with Crippen LogP contribution in [0.25, 0.3) is 17.0 Å². The van der Waals surface area contributed by atoms with Crippen molar-refractivity contribution in [3.63, 3.8) is 0 Å². The third kappa shape index (κ3) is 3.07. The summed E-state index contributed by atoms with van der Waals surface area (Å²) in [6.07, 6.45) is 6.66. The van der Waals surface area contributed by atoms with Gasteiger partial charge in [0.25, 0.3) is 0 Å². The summed E-state index contributed by atoms with van der Waals surface area (Å²) in [5.41, 5.74) is 9.71. The van der Waals surface area contributed by atoms with Gasteiger partial charge in [0.2, 0.25) is 5.95 Å². The zero-order valence-corrected chi connectivity index (χ0v) is 16.7. The lowest BCUT2D eigenvalue weighted by Crippen LogP contribution is -2.21. The van der Waals surface area contributed by atoms with Gasteiger partial charge in [-0.05, 0) is 41.5 Å². The first kappa shape index (κ1) is 17.6. The van der Waals surface area contributed by atoms with Gasteiger partial charge in [-0.15, -0.1) is 5.73 Å². The summed E-state index contributed by atoms with van der Waals surface area (Å²) in [4.78, 5) is 16.8. The Balaban J connectivity index is 1.60. The van der Waals surface area contributed by atoms with Gasteiger partial charge >= 0.3 is 0 Å². The lowest BCUT2D eigenvalue weighted by Gasteiger charge is -2.31. The van der Waals surface area contributed by atoms with Gasteiger partial charge < -0.3 is 0 Å². The molecule has 4 nitrogen and oxygen atoms in total. The number of hydrogen-bond donors (Lipinski definition) is 0. The van der Waals surface area contributed by atoms with Gasteiger partial charge in [-0.2, -0.15) is 9.97 Å². The van der Waals surface area contributed by atoms with Crippen molar-refractivity contribution in [2.45, 2.75) is 6.42 Å². The van der Waals surface area contributed by atoms with E-state index in [1.807, 2.05) is 48.6 Å². The van der Waals surface area contributed by atoms with Gasteiger partial charge in [0, 0.05) is 17.6 Å². The molecule has 0 fully saturated rings. The Morgan fingerprint density at radius 3 is 2.00 bits per heavy atom. The molecule has 1 aliphatic heterocycles. The van der Waals surface area contributed by atoms with E-state index in [0.29, 0.717) is 17.6 Å². The lowest BCUT2D eigenvalue weighted by molar-refractivity contribution is 0.970. The van der Waals surface area contributed by atoms with Gasteiger partial charge in [0.05, 0.1) is 11.4 Å². The molecule has 2 aliphatic rings. The van der Waals surface area contributed by atoms with Gasteiger partial charge in [-0.3, -0.25) is 4.90 Å². The van der Waals surface area contributed by atoms with E-state index in [0.717, 1.165) is 28.9 Å². The number of rotatable bonds is 3. The summed E-state index contributed by atoms with van der Waals surface area (Å²) in [6.45, 7) is 0. The molecule has 0 amide bonds. The molecule has 1 aliphatic carbocycles. The number of allylic oxidation sites excluding steroid dienone is 3. The molecular weight excluding hydrogens is 380 g/mol. The van der Waals surface area contributed by atoms with Crippen LogP contribution in [0.4, 0.5) is 17.3 Å². The molecule has 4 aromatic rings. The highest BCUT2D eigenvalue weighted by molar-refractivity contribution is 5.82. The Bertz CT molecular complexity index is 1350. The quantitative estimate of drug-likeness (QED) is 0.349. The van der Waals surface area contributed by atoms with Crippen LogP contribution in [0.2, 0.25) is 0 Å². The highest BCUT2D eigenvalue weighted by atomic mass is 15.3. The fourth-order valence-electron chi connectivity index (χ4n) is 4.08. The first-order chi connectivity index (χ1) is 15.4. The third-order valence-electron chi connectivity index (χ3n) is 5.56. The molecular formula is C27H18N4. The zero-order chi connectivity index (χ0) is 20.6. The van der Waals surface area contributed by atoms with Crippen molar-refractivity contribution < 1.29 is 0 Å². The van der Waals surface area contributed by atoms with Gasteiger partial charge in [0.1, 0.15) is 0 Å². The van der Waals surface area contributed by atoms with Gasteiger partial charge in [-0.25, -0.2) is 4.98 Å². The van der Waals surface area contributed by atoms with Gasteiger partial charge in [0.15, 0.2) is 11.6 Å². The Morgan fingerprint density at radius 2 is 1.32 bits per heavy atom. The number of benzene rings is 3. The second-order valence-electron chi connectivity index (χ2n) is 7.52. The van der Waals surface area contributed by atoms with Crippen molar-refractivity contribution in [3.05, 3.63) is 120 Å². The highest BCUT2D eigenvalue weighted by Crippen LogP contribution is 2.42. The fraction of sp³-hybridized carbons (Fsp3) is 0.0370. The summed E-state index contributed by atoms with van der Waals surface area (Å²) < 4.78 is 0. The summed E-state index contributed by atoms with van der Waals surface area (Å²) >= 11 is 0. The zero-order valence-electron chi connectivity index (χ0n) is 16.7. The molecule has 3 aromatic carbocycles. The molecule has 0 saturated heterocycles. The van der Waals surface area contributed by atoms with Crippen LogP contribution in [0.5, 0.6) is 0 Å².